The largest absolute Gasteiger partial charge is 0.447 e. The molecule has 0 spiro atoms. The minimum atomic E-state index is -4.04. The summed E-state index contributed by atoms with van der Waals surface area (Å²) < 4.78 is 261. The molecule has 28 heteroatoms. The second-order valence-electron chi connectivity index (χ2n) is 26.0. The van der Waals surface area contributed by atoms with Gasteiger partial charge in [-0.15, -0.1) is 0 Å². The molecule has 4 aliphatic rings. The Balaban J connectivity index is 0.000000110. The molecule has 0 saturated heterocycles. The third kappa shape index (κ3) is 15.9. The summed E-state index contributed by atoms with van der Waals surface area (Å²) in [5.41, 5.74) is 0. The number of halogens is 14. The SMILES string of the molecule is Fc1ccc(-[s+]2c3ccc(F)cc3c3cc(F)ccc32)cc1.Fc1ccc([S+]2c3ccc(F)cc3Oc3cc(F)ccc32)cc1.O=S1(=O)c2cc(F)ccc2[S+](c2ccc(F)cc2)c2ccc(F)cc21.O=S1(=O)c2ccc(F)cc2[S+](c2ccccc2)c2cc(F)ccc21.O=S1c2cc(F)ccc2[S+](c2ccc(F)cc2)c2ccc(F)cc21. The fraction of sp³-hybridized carbons (Fsp3) is 0. The molecule has 0 fully saturated rings. The van der Waals surface area contributed by atoms with Crippen molar-refractivity contribution in [1.29, 1.82) is 0 Å². The van der Waals surface area contributed by atoms with Gasteiger partial charge in [-0.05, 0) is 231 Å². The first-order valence-corrected chi connectivity index (χ1v) is 45.2. The van der Waals surface area contributed by atoms with Gasteiger partial charge in [0.1, 0.15) is 154 Å². The quantitative estimate of drug-likeness (QED) is 0.0968. The molecule has 5 heterocycles. The van der Waals surface area contributed by atoms with Gasteiger partial charge in [0.15, 0.2) is 74.7 Å². The summed E-state index contributed by atoms with van der Waals surface area (Å²) in [6.07, 6.45) is 0. The van der Waals surface area contributed by atoms with Gasteiger partial charge in [0.2, 0.25) is 29.5 Å². The Morgan fingerprint density at radius 2 is 0.500 bits per heavy atom. The van der Waals surface area contributed by atoms with E-state index in [4.69, 9.17) is 4.74 Å². The van der Waals surface area contributed by atoms with E-state index < -0.39 is 137 Å². The van der Waals surface area contributed by atoms with Gasteiger partial charge in [-0.2, -0.15) is 0 Å². The zero-order chi connectivity index (χ0) is 82.8. The summed E-state index contributed by atoms with van der Waals surface area (Å²) in [6, 6.07) is 73.6. The van der Waals surface area contributed by atoms with Crippen molar-refractivity contribution in [1.82, 2.24) is 0 Å². The standard InChI is InChI=1S/C18H10F3O2S2.C18H10F3OS2.C18H10F3OS.C18H10F3S.C18H11F2O2S2/c19-11-1-5-14(6-2-11)24-15-7-3-12(20)9-17(15)25(22,23)18-10-13(21)4-8-16(18)24;19-11-1-5-14(6-2-11)23-15-7-3-12(20)9-17(15)24(22)18-10-13(21)4-8-16(18)23;19-11-1-5-14(6-2-11)23-17-7-3-12(20)9-15(17)22-16-10-13(21)4-8-18(16)23;19-11-1-5-14(6-2-11)22-17-7-3-12(20)9-15(17)16-10-13(21)4-8-18(16)22;19-12-6-8-17-15(10-12)23(14-4-2-1-3-5-14)16-11-13(20)7-9-18(16)24(17,21)22/h1-10H;1-10H;1-10H;1-10H;1-11H/q5*+1. The summed E-state index contributed by atoms with van der Waals surface area (Å²) in [7, 11) is -13.1. The van der Waals surface area contributed by atoms with Gasteiger partial charge in [0, 0.05) is 71.1 Å². The first kappa shape index (κ1) is 80.6. The van der Waals surface area contributed by atoms with E-state index >= 15 is 0 Å². The molecular formula is C90H51F14O6S8+5. The Kier molecular flexibility index (Phi) is 22.5. The van der Waals surface area contributed by atoms with Crippen LogP contribution in [-0.2, 0) is 74.1 Å². The lowest BCUT2D eigenvalue weighted by atomic mass is 10.1. The molecule has 0 unspecified atom stereocenters. The highest BCUT2D eigenvalue weighted by atomic mass is 32.2. The van der Waals surface area contributed by atoms with Gasteiger partial charge in [-0.25, -0.2) is 82.5 Å². The predicted molar refractivity (Wildman–Crippen MR) is 426 cm³/mol. The van der Waals surface area contributed by atoms with E-state index in [1.165, 1.54) is 170 Å². The maximum Gasteiger partial charge on any atom is 0.216 e. The van der Waals surface area contributed by atoms with E-state index in [-0.39, 0.29) is 48.7 Å². The van der Waals surface area contributed by atoms with Gasteiger partial charge >= 0.3 is 0 Å². The van der Waals surface area contributed by atoms with Gasteiger partial charge in [-0.3, -0.25) is 0 Å². The summed E-state index contributed by atoms with van der Waals surface area (Å²) in [5.74, 6) is -5.65. The van der Waals surface area contributed by atoms with Crippen molar-refractivity contribution >= 4 is 105 Å². The first-order valence-electron chi connectivity index (χ1n) is 35.0. The Morgan fingerprint density at radius 1 is 0.229 bits per heavy atom. The molecule has 0 N–H and O–H groups in total. The van der Waals surface area contributed by atoms with Crippen molar-refractivity contribution in [2.45, 2.75) is 88.1 Å². The van der Waals surface area contributed by atoms with Crippen LogP contribution in [0.15, 0.2) is 398 Å². The molecule has 0 amide bonds. The summed E-state index contributed by atoms with van der Waals surface area (Å²) >= 11 is 0. The smallest absolute Gasteiger partial charge is 0.216 e. The van der Waals surface area contributed by atoms with Crippen molar-refractivity contribution in [2.24, 2.45) is 0 Å². The fourth-order valence-electron chi connectivity index (χ4n) is 13.5. The number of sulfone groups is 2. The third-order valence-corrected chi connectivity index (χ3v) is 36.1. The van der Waals surface area contributed by atoms with E-state index in [0.29, 0.717) is 66.3 Å². The molecule has 118 heavy (non-hydrogen) atoms. The molecule has 0 bridgehead atoms. The fourth-order valence-corrected chi connectivity index (χ4v) is 31.6. The average Bonchev–Trinajstić information content (AvgIpc) is 0.977. The minimum absolute atomic E-state index is 0.0789. The van der Waals surface area contributed by atoms with Gasteiger partial charge in [-0.1, -0.05) is 18.2 Å². The van der Waals surface area contributed by atoms with Gasteiger partial charge < -0.3 is 4.74 Å². The Morgan fingerprint density at radius 3 is 0.898 bits per heavy atom. The van der Waals surface area contributed by atoms with Crippen LogP contribution in [0.25, 0.3) is 25.1 Å². The number of fused-ring (bicyclic) bond motifs is 11. The molecule has 4 aliphatic heterocycles. The monoisotopic (exact) mass is 1750 g/mol. The molecule has 16 aromatic rings. The van der Waals surface area contributed by atoms with Crippen LogP contribution in [0.5, 0.6) is 11.5 Å². The van der Waals surface area contributed by atoms with Crippen molar-refractivity contribution in [3.05, 3.63) is 391 Å². The van der Waals surface area contributed by atoms with Crippen molar-refractivity contribution < 1.29 is 87.2 Å². The zero-order valence-corrected chi connectivity index (χ0v) is 66.5. The van der Waals surface area contributed by atoms with Crippen molar-refractivity contribution in [3.63, 3.8) is 0 Å². The Hall–Kier alpha value is -11.2. The Bertz CT molecular complexity index is 6650. The van der Waals surface area contributed by atoms with Crippen LogP contribution in [-0.4, -0.2) is 21.0 Å². The highest BCUT2D eigenvalue weighted by Crippen LogP contribution is 2.52. The normalized spacial score (nSPS) is 15.0. The van der Waals surface area contributed by atoms with Gasteiger partial charge in [0.05, 0.1) is 21.6 Å². The second kappa shape index (κ2) is 32.9. The van der Waals surface area contributed by atoms with Crippen LogP contribution in [0, 0.1) is 81.4 Å². The molecule has 1 aromatic heterocycles. The number of hydrogen-bond donors (Lipinski definition) is 0. The Labute approximate surface area is 682 Å². The summed E-state index contributed by atoms with van der Waals surface area (Å²) in [6.45, 7) is 0. The highest BCUT2D eigenvalue weighted by Gasteiger charge is 2.49. The first-order chi connectivity index (χ1) is 56.6. The van der Waals surface area contributed by atoms with E-state index in [1.54, 1.807) is 84.9 Å². The average molecular weight is 1750 g/mol. The van der Waals surface area contributed by atoms with Crippen LogP contribution in [0.4, 0.5) is 61.5 Å². The van der Waals surface area contributed by atoms with E-state index in [9.17, 15) is 82.5 Å². The maximum atomic E-state index is 13.8. The summed E-state index contributed by atoms with van der Waals surface area (Å²) in [5, 5.41) is 1.42. The third-order valence-electron chi connectivity index (χ3n) is 18.6. The second-order valence-corrected chi connectivity index (χ2v) is 41.1. The number of ether oxygens (including phenoxy) is 1. The number of thiophene rings is 1. The molecule has 0 atom stereocenters. The van der Waals surface area contributed by atoms with Crippen LogP contribution in [0.3, 0.4) is 0 Å². The molecule has 0 radical (unpaired) electrons. The lowest BCUT2D eigenvalue weighted by molar-refractivity contribution is 0.442. The molecular weight excluding hydrogens is 1700 g/mol. The van der Waals surface area contributed by atoms with E-state index in [0.717, 1.165) is 63.0 Å². The number of rotatable bonds is 5. The van der Waals surface area contributed by atoms with E-state index in [2.05, 4.69) is 0 Å². The molecule has 20 rings (SSSR count). The number of benzene rings is 15. The lowest BCUT2D eigenvalue weighted by Crippen LogP contribution is -2.21. The lowest BCUT2D eigenvalue weighted by Gasteiger charge is -2.19. The van der Waals surface area contributed by atoms with Crippen molar-refractivity contribution in [3.8, 4) is 16.4 Å². The molecule has 15 aromatic carbocycles. The van der Waals surface area contributed by atoms with Crippen molar-refractivity contribution in [2.75, 3.05) is 0 Å². The molecule has 0 saturated carbocycles. The molecule has 588 valence electrons. The zero-order valence-electron chi connectivity index (χ0n) is 60.0. The van der Waals surface area contributed by atoms with Gasteiger partial charge in [0.25, 0.3) is 0 Å². The van der Waals surface area contributed by atoms with Crippen LogP contribution < -0.4 is 4.74 Å². The summed E-state index contributed by atoms with van der Waals surface area (Å²) in [4.78, 5) is 9.06. The topological polar surface area (TPSA) is 94.6 Å². The molecule has 0 aliphatic carbocycles. The van der Waals surface area contributed by atoms with Crippen LogP contribution in [0.2, 0.25) is 0 Å². The number of hydrogen-bond acceptors (Lipinski definition) is 6. The molecule has 6 nitrogen and oxygen atoms in total. The van der Waals surface area contributed by atoms with Crippen LogP contribution >= 0.6 is 10.5 Å². The van der Waals surface area contributed by atoms with E-state index in [1.807, 2.05) is 30.3 Å². The minimum Gasteiger partial charge on any atom is -0.447 e. The maximum absolute atomic E-state index is 13.8. The predicted octanol–water partition coefficient (Wildman–Crippen LogP) is 24.7. The van der Waals surface area contributed by atoms with Crippen LogP contribution in [0.1, 0.15) is 0 Å². The highest BCUT2D eigenvalue weighted by molar-refractivity contribution is 8.01.